The van der Waals surface area contributed by atoms with Crippen LogP contribution >= 0.6 is 0 Å². The van der Waals surface area contributed by atoms with Crippen LogP contribution in [0.1, 0.15) is 30.7 Å². The highest BCUT2D eigenvalue weighted by Crippen LogP contribution is 2.38. The van der Waals surface area contributed by atoms with E-state index in [2.05, 4.69) is 12.6 Å². The van der Waals surface area contributed by atoms with Gasteiger partial charge in [-0.25, -0.2) is 0 Å². The SMILES string of the molecule is C=CC(=O)N(C)CC(=O)N1CC(CCN2CCCC2=O)c2ccccc21. The Morgan fingerprint density at radius 2 is 2.12 bits per heavy atom. The van der Waals surface area contributed by atoms with Crippen LogP contribution in [0.2, 0.25) is 0 Å². The molecule has 2 heterocycles. The van der Waals surface area contributed by atoms with Crippen LogP contribution < -0.4 is 4.90 Å². The fourth-order valence-corrected chi connectivity index (χ4v) is 3.75. The summed E-state index contributed by atoms with van der Waals surface area (Å²) in [5, 5.41) is 0. The third-order valence-electron chi connectivity index (χ3n) is 5.21. The van der Waals surface area contributed by atoms with E-state index in [0.717, 1.165) is 37.2 Å². The number of nitrogens with zero attached hydrogens (tertiary/aromatic N) is 3. The first-order valence-corrected chi connectivity index (χ1v) is 9.06. The summed E-state index contributed by atoms with van der Waals surface area (Å²) in [7, 11) is 1.60. The van der Waals surface area contributed by atoms with Crippen molar-refractivity contribution in [2.45, 2.75) is 25.2 Å². The van der Waals surface area contributed by atoms with Gasteiger partial charge in [-0.05, 0) is 30.5 Å². The summed E-state index contributed by atoms with van der Waals surface area (Å²) in [4.78, 5) is 41.3. The molecule has 1 aromatic rings. The average molecular weight is 355 g/mol. The van der Waals surface area contributed by atoms with Gasteiger partial charge in [0.05, 0.1) is 0 Å². The Kier molecular flexibility index (Phi) is 5.40. The standard InChI is InChI=1S/C20H25N3O3/c1-3-18(24)21(2)14-20(26)23-13-15(16-7-4-5-8-17(16)23)10-12-22-11-6-9-19(22)25/h3-5,7-8,15H,1,6,9-14H2,2H3. The molecule has 138 valence electrons. The number of hydrogen-bond acceptors (Lipinski definition) is 3. The highest BCUT2D eigenvalue weighted by molar-refractivity contribution is 5.99. The van der Waals surface area contributed by atoms with Crippen molar-refractivity contribution < 1.29 is 14.4 Å². The maximum atomic E-state index is 12.7. The smallest absolute Gasteiger partial charge is 0.246 e. The number of anilines is 1. The minimum Gasteiger partial charge on any atom is -0.343 e. The van der Waals surface area contributed by atoms with E-state index in [1.807, 2.05) is 23.1 Å². The van der Waals surface area contributed by atoms with Gasteiger partial charge < -0.3 is 14.7 Å². The van der Waals surface area contributed by atoms with E-state index in [1.54, 1.807) is 11.9 Å². The molecule has 0 radical (unpaired) electrons. The van der Waals surface area contributed by atoms with Crippen molar-refractivity contribution in [3.05, 3.63) is 42.5 Å². The van der Waals surface area contributed by atoms with Crippen molar-refractivity contribution in [3.63, 3.8) is 0 Å². The number of hydrogen-bond donors (Lipinski definition) is 0. The van der Waals surface area contributed by atoms with Crippen molar-refractivity contribution in [1.29, 1.82) is 0 Å². The number of carbonyl (C=O) groups excluding carboxylic acids is 3. The van der Waals surface area contributed by atoms with Gasteiger partial charge in [-0.15, -0.1) is 0 Å². The van der Waals surface area contributed by atoms with Gasteiger partial charge >= 0.3 is 0 Å². The zero-order valence-corrected chi connectivity index (χ0v) is 15.2. The summed E-state index contributed by atoms with van der Waals surface area (Å²) < 4.78 is 0. The van der Waals surface area contributed by atoms with Crippen molar-refractivity contribution in [1.82, 2.24) is 9.80 Å². The van der Waals surface area contributed by atoms with Gasteiger partial charge in [0.15, 0.2) is 0 Å². The first-order chi connectivity index (χ1) is 12.5. The lowest BCUT2D eigenvalue weighted by atomic mass is 9.98. The van der Waals surface area contributed by atoms with Crippen LogP contribution in [0.3, 0.4) is 0 Å². The van der Waals surface area contributed by atoms with Gasteiger partial charge in [0, 0.05) is 44.7 Å². The number of likely N-dealkylation sites (N-methyl/N-ethyl adjacent to an activating group) is 1. The fourth-order valence-electron chi connectivity index (χ4n) is 3.75. The summed E-state index contributed by atoms with van der Waals surface area (Å²) >= 11 is 0. The average Bonchev–Trinajstić information content (AvgIpc) is 3.22. The Hall–Kier alpha value is -2.63. The first kappa shape index (κ1) is 18.2. The molecule has 0 spiro atoms. The second kappa shape index (κ2) is 7.72. The zero-order valence-electron chi connectivity index (χ0n) is 15.2. The largest absolute Gasteiger partial charge is 0.343 e. The number of benzene rings is 1. The van der Waals surface area contributed by atoms with Gasteiger partial charge in [0.2, 0.25) is 17.7 Å². The van der Waals surface area contributed by atoms with E-state index in [4.69, 9.17) is 0 Å². The maximum absolute atomic E-state index is 12.7. The minimum atomic E-state index is -0.269. The Bertz CT molecular complexity index is 731. The Morgan fingerprint density at radius 1 is 1.35 bits per heavy atom. The molecule has 6 heteroatoms. The number of likely N-dealkylation sites (tertiary alicyclic amines) is 1. The first-order valence-electron chi connectivity index (χ1n) is 9.06. The van der Waals surface area contributed by atoms with Crippen LogP contribution in [0.4, 0.5) is 5.69 Å². The topological polar surface area (TPSA) is 60.9 Å². The molecule has 1 atom stereocenters. The molecule has 0 N–H and O–H groups in total. The lowest BCUT2D eigenvalue weighted by Gasteiger charge is -2.22. The minimum absolute atomic E-state index is 0.0243. The Balaban J connectivity index is 1.69. The highest BCUT2D eigenvalue weighted by Gasteiger charge is 2.33. The molecule has 6 nitrogen and oxygen atoms in total. The quantitative estimate of drug-likeness (QED) is 0.731. The lowest BCUT2D eigenvalue weighted by Crippen LogP contribution is -2.40. The van der Waals surface area contributed by atoms with Crippen LogP contribution in [0, 0.1) is 0 Å². The van der Waals surface area contributed by atoms with Gasteiger partial charge in [-0.3, -0.25) is 14.4 Å². The number of amides is 3. The van der Waals surface area contributed by atoms with Gasteiger partial charge in [-0.2, -0.15) is 0 Å². The number of para-hydroxylation sites is 1. The summed E-state index contributed by atoms with van der Waals surface area (Å²) in [6.07, 6.45) is 3.64. The molecular weight excluding hydrogens is 330 g/mol. The third-order valence-corrected chi connectivity index (χ3v) is 5.21. The number of carbonyl (C=O) groups is 3. The highest BCUT2D eigenvalue weighted by atomic mass is 16.2. The summed E-state index contributed by atoms with van der Waals surface area (Å²) in [6, 6.07) is 7.90. The third kappa shape index (κ3) is 3.64. The molecule has 3 rings (SSSR count). The summed E-state index contributed by atoms with van der Waals surface area (Å²) in [5.74, 6) is 0.0718. The van der Waals surface area contributed by atoms with Crippen molar-refractivity contribution in [2.75, 3.05) is 38.1 Å². The van der Waals surface area contributed by atoms with Crippen molar-refractivity contribution in [3.8, 4) is 0 Å². The number of fused-ring (bicyclic) bond motifs is 1. The predicted molar refractivity (Wildman–Crippen MR) is 99.8 cm³/mol. The fraction of sp³-hybridized carbons (Fsp3) is 0.450. The second-order valence-corrected chi connectivity index (χ2v) is 6.93. The van der Waals surface area contributed by atoms with E-state index < -0.39 is 0 Å². The molecule has 0 bridgehead atoms. The molecular formula is C20H25N3O3. The molecule has 0 aliphatic carbocycles. The molecule has 1 aromatic carbocycles. The van der Waals surface area contributed by atoms with Crippen LogP contribution in [0.5, 0.6) is 0 Å². The molecule has 1 fully saturated rings. The Labute approximate surface area is 154 Å². The molecule has 1 unspecified atom stereocenters. The van der Waals surface area contributed by atoms with Crippen LogP contribution in [0.25, 0.3) is 0 Å². The molecule has 1 saturated heterocycles. The van der Waals surface area contributed by atoms with E-state index >= 15 is 0 Å². The van der Waals surface area contributed by atoms with Crippen molar-refractivity contribution >= 4 is 23.4 Å². The Morgan fingerprint density at radius 3 is 2.81 bits per heavy atom. The van der Waals surface area contributed by atoms with Crippen molar-refractivity contribution in [2.24, 2.45) is 0 Å². The maximum Gasteiger partial charge on any atom is 0.246 e. The molecule has 0 aromatic heterocycles. The zero-order chi connectivity index (χ0) is 18.7. The molecule has 2 aliphatic rings. The van der Waals surface area contributed by atoms with Gasteiger partial charge in [0.1, 0.15) is 6.54 Å². The van der Waals surface area contributed by atoms with E-state index in [1.165, 1.54) is 11.0 Å². The van der Waals surface area contributed by atoms with Crippen LogP contribution in [-0.2, 0) is 14.4 Å². The molecule has 0 saturated carbocycles. The van der Waals surface area contributed by atoms with E-state index in [0.29, 0.717) is 13.0 Å². The van der Waals surface area contributed by atoms with Crippen LogP contribution in [-0.4, -0.2) is 60.7 Å². The normalized spacial score (nSPS) is 18.8. The monoisotopic (exact) mass is 355 g/mol. The van der Waals surface area contributed by atoms with Gasteiger partial charge in [0.25, 0.3) is 0 Å². The second-order valence-electron chi connectivity index (χ2n) is 6.93. The lowest BCUT2D eigenvalue weighted by molar-refractivity contribution is -0.130. The molecule has 26 heavy (non-hydrogen) atoms. The molecule has 2 aliphatic heterocycles. The van der Waals surface area contributed by atoms with Crippen LogP contribution in [0.15, 0.2) is 36.9 Å². The van der Waals surface area contributed by atoms with E-state index in [-0.39, 0.29) is 30.2 Å². The summed E-state index contributed by atoms with van der Waals surface area (Å²) in [5.41, 5.74) is 2.06. The predicted octanol–water partition coefficient (Wildman–Crippen LogP) is 1.77. The summed E-state index contributed by atoms with van der Waals surface area (Å²) in [6.45, 7) is 5.64. The van der Waals surface area contributed by atoms with Gasteiger partial charge in [-0.1, -0.05) is 24.8 Å². The molecule has 3 amide bonds. The number of rotatable bonds is 6. The van der Waals surface area contributed by atoms with E-state index in [9.17, 15) is 14.4 Å².